The van der Waals surface area contributed by atoms with Crippen molar-refractivity contribution in [1.82, 2.24) is 0 Å². The van der Waals surface area contributed by atoms with Gasteiger partial charge in [0, 0.05) is 10.0 Å². The molecule has 0 aliphatic carbocycles. The Kier molecular flexibility index (Phi) is 4.58. The number of hydrogen-bond acceptors (Lipinski definition) is 2. The Bertz CT molecular complexity index is 666. The lowest BCUT2D eigenvalue weighted by atomic mass is 10.1. The van der Waals surface area contributed by atoms with Crippen molar-refractivity contribution in [1.29, 1.82) is 0 Å². The number of benzene rings is 2. The number of hydrogen-bond donors (Lipinski definition) is 2. The predicted octanol–water partition coefficient (Wildman–Crippen LogP) is 4.90. The third-order valence-corrected chi connectivity index (χ3v) is 4.05. The summed E-state index contributed by atoms with van der Waals surface area (Å²) >= 11 is 15.1. The molecule has 0 aliphatic heterocycles. The molecule has 0 saturated carbocycles. The fraction of sp³-hybridized carbons (Fsp3) is 0.0714. The molecule has 0 spiro atoms. The maximum absolute atomic E-state index is 12.2. The van der Waals surface area contributed by atoms with Gasteiger partial charge in [-0.15, -0.1) is 0 Å². The molecule has 2 rings (SSSR count). The van der Waals surface area contributed by atoms with E-state index in [1.54, 1.807) is 18.2 Å². The molecule has 0 unspecified atom stereocenters. The first-order chi connectivity index (χ1) is 9.38. The molecule has 104 valence electrons. The van der Waals surface area contributed by atoms with Gasteiger partial charge in [-0.2, -0.15) is 0 Å². The molecule has 0 aromatic heterocycles. The number of rotatable bonds is 2. The molecule has 2 aromatic carbocycles. The molecule has 1 amide bonds. The molecule has 0 aliphatic rings. The zero-order valence-corrected chi connectivity index (χ0v) is 13.6. The average molecular weight is 374 g/mol. The maximum Gasteiger partial charge on any atom is 0.255 e. The fourth-order valence-electron chi connectivity index (χ4n) is 1.72. The summed E-state index contributed by atoms with van der Waals surface area (Å²) in [6.45, 7) is 1.92. The van der Waals surface area contributed by atoms with Crippen LogP contribution in [0.3, 0.4) is 0 Å². The van der Waals surface area contributed by atoms with Gasteiger partial charge >= 0.3 is 0 Å². The van der Waals surface area contributed by atoms with Gasteiger partial charge < -0.3 is 11.1 Å². The molecular weight excluding hydrogens is 363 g/mol. The van der Waals surface area contributed by atoms with Gasteiger partial charge in [0.05, 0.1) is 21.4 Å². The topological polar surface area (TPSA) is 55.1 Å². The fourth-order valence-corrected chi connectivity index (χ4v) is 2.71. The summed E-state index contributed by atoms with van der Waals surface area (Å²) < 4.78 is 0.725. The number of nitrogen functional groups attached to an aromatic ring is 1. The molecule has 0 radical (unpaired) electrons. The number of nitrogens with two attached hydrogens (primary N) is 1. The van der Waals surface area contributed by atoms with Gasteiger partial charge in [0.25, 0.3) is 5.91 Å². The maximum atomic E-state index is 12.2. The highest BCUT2D eigenvalue weighted by molar-refractivity contribution is 9.10. The Morgan fingerprint density at radius 3 is 2.50 bits per heavy atom. The standard InChI is InChI=1S/C14H11BrCl2N2O/c1-7-4-9(15)13(12(18)5-7)19-14(20)8-2-3-10(16)11(17)6-8/h2-6H,18H2,1H3,(H,19,20). The Balaban J connectivity index is 2.30. The van der Waals surface area contributed by atoms with E-state index in [0.717, 1.165) is 10.0 Å². The minimum absolute atomic E-state index is 0.306. The van der Waals surface area contributed by atoms with E-state index >= 15 is 0 Å². The van der Waals surface area contributed by atoms with E-state index in [1.165, 1.54) is 6.07 Å². The highest BCUT2D eigenvalue weighted by Crippen LogP contribution is 2.31. The first-order valence-corrected chi connectivity index (χ1v) is 7.25. The van der Waals surface area contributed by atoms with Crippen molar-refractivity contribution >= 4 is 56.4 Å². The minimum Gasteiger partial charge on any atom is -0.397 e. The second kappa shape index (κ2) is 6.04. The third kappa shape index (κ3) is 3.26. The molecule has 0 fully saturated rings. The van der Waals surface area contributed by atoms with Crippen LogP contribution in [0.1, 0.15) is 15.9 Å². The van der Waals surface area contributed by atoms with E-state index in [1.807, 2.05) is 13.0 Å². The molecule has 3 nitrogen and oxygen atoms in total. The third-order valence-electron chi connectivity index (χ3n) is 2.69. The number of carbonyl (C=O) groups excluding carboxylic acids is 1. The molecule has 0 atom stereocenters. The lowest BCUT2D eigenvalue weighted by molar-refractivity contribution is 0.102. The first kappa shape index (κ1) is 15.2. The molecule has 0 saturated heterocycles. The van der Waals surface area contributed by atoms with Crippen molar-refractivity contribution in [2.75, 3.05) is 11.1 Å². The van der Waals surface area contributed by atoms with Crippen LogP contribution in [0, 0.1) is 6.92 Å². The molecule has 20 heavy (non-hydrogen) atoms. The van der Waals surface area contributed by atoms with Crippen molar-refractivity contribution in [3.63, 3.8) is 0 Å². The predicted molar refractivity (Wildman–Crippen MR) is 87.7 cm³/mol. The summed E-state index contributed by atoms with van der Waals surface area (Å²) in [7, 11) is 0. The number of amides is 1. The van der Waals surface area contributed by atoms with Gasteiger partial charge in [0.1, 0.15) is 0 Å². The van der Waals surface area contributed by atoms with Crippen LogP contribution in [-0.2, 0) is 0 Å². The van der Waals surface area contributed by atoms with Crippen LogP contribution in [-0.4, -0.2) is 5.91 Å². The summed E-state index contributed by atoms with van der Waals surface area (Å²) in [6, 6.07) is 8.35. The SMILES string of the molecule is Cc1cc(N)c(NC(=O)c2ccc(Cl)c(Cl)c2)c(Br)c1. The summed E-state index contributed by atoms with van der Waals surface area (Å²) in [4.78, 5) is 12.2. The van der Waals surface area contributed by atoms with Crippen LogP contribution in [0.2, 0.25) is 10.0 Å². The summed E-state index contributed by atoms with van der Waals surface area (Å²) in [6.07, 6.45) is 0. The Labute approximate surface area is 135 Å². The average Bonchev–Trinajstić information content (AvgIpc) is 2.36. The Hall–Kier alpha value is -1.23. The van der Waals surface area contributed by atoms with Crippen LogP contribution < -0.4 is 11.1 Å². The molecule has 0 heterocycles. The van der Waals surface area contributed by atoms with Crippen molar-refractivity contribution < 1.29 is 4.79 Å². The van der Waals surface area contributed by atoms with Gasteiger partial charge in [0.15, 0.2) is 0 Å². The lowest BCUT2D eigenvalue weighted by Crippen LogP contribution is -2.13. The highest BCUT2D eigenvalue weighted by Gasteiger charge is 2.12. The summed E-state index contributed by atoms with van der Waals surface area (Å²) in [5.41, 5.74) is 8.35. The molecular formula is C14H11BrCl2N2O. The quantitative estimate of drug-likeness (QED) is 0.735. The van der Waals surface area contributed by atoms with Gasteiger partial charge in [-0.25, -0.2) is 0 Å². The second-order valence-electron chi connectivity index (χ2n) is 4.29. The number of anilines is 2. The molecule has 0 bridgehead atoms. The second-order valence-corrected chi connectivity index (χ2v) is 5.96. The normalized spacial score (nSPS) is 10.4. The lowest BCUT2D eigenvalue weighted by Gasteiger charge is -2.12. The number of nitrogens with one attached hydrogen (secondary N) is 1. The van der Waals surface area contributed by atoms with Crippen molar-refractivity contribution in [3.8, 4) is 0 Å². The van der Waals surface area contributed by atoms with Crippen molar-refractivity contribution in [3.05, 3.63) is 56.0 Å². The van der Waals surface area contributed by atoms with E-state index in [2.05, 4.69) is 21.2 Å². The van der Waals surface area contributed by atoms with E-state index in [9.17, 15) is 4.79 Å². The largest absolute Gasteiger partial charge is 0.397 e. The first-order valence-electron chi connectivity index (χ1n) is 5.70. The van der Waals surface area contributed by atoms with Gasteiger partial charge in [-0.3, -0.25) is 4.79 Å². The van der Waals surface area contributed by atoms with Gasteiger partial charge in [-0.05, 0) is 58.7 Å². The Morgan fingerprint density at radius 2 is 1.90 bits per heavy atom. The van der Waals surface area contributed by atoms with E-state index in [0.29, 0.717) is 27.0 Å². The number of carbonyl (C=O) groups is 1. The molecule has 2 aromatic rings. The van der Waals surface area contributed by atoms with Crippen molar-refractivity contribution in [2.45, 2.75) is 6.92 Å². The Morgan fingerprint density at radius 1 is 1.20 bits per heavy atom. The summed E-state index contributed by atoms with van der Waals surface area (Å²) in [5.74, 6) is -0.306. The minimum atomic E-state index is -0.306. The van der Waals surface area contributed by atoms with Crippen LogP contribution in [0.5, 0.6) is 0 Å². The van der Waals surface area contributed by atoms with E-state index in [-0.39, 0.29) is 5.91 Å². The smallest absolute Gasteiger partial charge is 0.255 e. The zero-order valence-electron chi connectivity index (χ0n) is 10.5. The van der Waals surface area contributed by atoms with Crippen LogP contribution >= 0.6 is 39.1 Å². The van der Waals surface area contributed by atoms with Gasteiger partial charge in [0.2, 0.25) is 0 Å². The van der Waals surface area contributed by atoms with Gasteiger partial charge in [-0.1, -0.05) is 23.2 Å². The van der Waals surface area contributed by atoms with Crippen molar-refractivity contribution in [2.24, 2.45) is 0 Å². The molecule has 6 heteroatoms. The van der Waals surface area contributed by atoms with Crippen LogP contribution in [0.15, 0.2) is 34.8 Å². The molecule has 3 N–H and O–H groups in total. The number of aryl methyl sites for hydroxylation is 1. The van der Waals surface area contributed by atoms with Crippen LogP contribution in [0.25, 0.3) is 0 Å². The van der Waals surface area contributed by atoms with E-state index < -0.39 is 0 Å². The van der Waals surface area contributed by atoms with Crippen LogP contribution in [0.4, 0.5) is 11.4 Å². The number of halogens is 3. The monoisotopic (exact) mass is 372 g/mol. The highest BCUT2D eigenvalue weighted by atomic mass is 79.9. The zero-order chi connectivity index (χ0) is 14.9. The summed E-state index contributed by atoms with van der Waals surface area (Å²) in [5, 5.41) is 3.49. The van der Waals surface area contributed by atoms with E-state index in [4.69, 9.17) is 28.9 Å².